The second-order valence-corrected chi connectivity index (χ2v) is 5.30. The van der Waals surface area contributed by atoms with Crippen LogP contribution in [0.5, 0.6) is 0 Å². The molecule has 1 rings (SSSR count). The lowest BCUT2D eigenvalue weighted by Crippen LogP contribution is -3.00. The molecule has 1 aromatic rings. The van der Waals surface area contributed by atoms with E-state index in [0.717, 1.165) is 19.6 Å². The molecule has 0 aromatic heterocycles. The number of amides is 1. The number of rotatable bonds is 6. The quantitative estimate of drug-likeness (QED) is 0.623. The van der Waals surface area contributed by atoms with Gasteiger partial charge in [0, 0.05) is 18.7 Å². The summed E-state index contributed by atoms with van der Waals surface area (Å²) in [5, 5.41) is 0. The van der Waals surface area contributed by atoms with E-state index in [4.69, 9.17) is 0 Å². The van der Waals surface area contributed by atoms with Crippen molar-refractivity contribution in [3.63, 3.8) is 0 Å². The number of benzene rings is 1. The molecule has 1 aromatic carbocycles. The van der Waals surface area contributed by atoms with Gasteiger partial charge in [-0.2, -0.15) is 0 Å². The Kier molecular flexibility index (Phi) is 7.72. The highest BCUT2D eigenvalue weighted by Crippen LogP contribution is 2.09. The van der Waals surface area contributed by atoms with Crippen molar-refractivity contribution < 1.29 is 21.7 Å². The maximum atomic E-state index is 12.1. The smallest absolute Gasteiger partial charge is 0.277 e. The van der Waals surface area contributed by atoms with Crippen LogP contribution in [-0.2, 0) is 11.3 Å². The summed E-state index contributed by atoms with van der Waals surface area (Å²) in [5.41, 5.74) is 1.27. The van der Waals surface area contributed by atoms with E-state index in [-0.39, 0.29) is 18.3 Å². The van der Waals surface area contributed by atoms with Gasteiger partial charge in [-0.1, -0.05) is 30.3 Å². The van der Waals surface area contributed by atoms with E-state index in [9.17, 15) is 4.79 Å². The van der Waals surface area contributed by atoms with Gasteiger partial charge in [-0.25, -0.2) is 0 Å². The van der Waals surface area contributed by atoms with Gasteiger partial charge in [0.05, 0.1) is 14.1 Å². The molecule has 3 nitrogen and oxygen atoms in total. The van der Waals surface area contributed by atoms with Gasteiger partial charge >= 0.3 is 0 Å². The number of hydrogen-bond donors (Lipinski definition) is 0. The molecule has 0 saturated heterocycles. The maximum Gasteiger partial charge on any atom is 0.277 e. The molecule has 0 aliphatic carbocycles. The fourth-order valence-corrected chi connectivity index (χ4v) is 2.18. The third kappa shape index (κ3) is 6.08. The van der Waals surface area contributed by atoms with Gasteiger partial charge in [0.1, 0.15) is 6.54 Å². The standard InChI is InChI=1S/C15H25N2O.ClH/c1-5-16(6-2)15(18)13-17(3,4)12-14-10-8-7-9-11-14;/h7-11H,5-6,12-13H2,1-4H3;1H/q+1;/p-1. The zero-order chi connectivity index (χ0) is 13.6. The second kappa shape index (κ2) is 8.18. The van der Waals surface area contributed by atoms with E-state index >= 15 is 0 Å². The van der Waals surface area contributed by atoms with Crippen LogP contribution in [0.25, 0.3) is 0 Å². The molecule has 0 radical (unpaired) electrons. The summed E-state index contributed by atoms with van der Waals surface area (Å²) >= 11 is 0. The summed E-state index contributed by atoms with van der Waals surface area (Å²) in [7, 11) is 4.21. The Hall–Kier alpha value is -1.06. The highest BCUT2D eigenvalue weighted by Gasteiger charge is 2.23. The van der Waals surface area contributed by atoms with Crippen LogP contribution in [0.1, 0.15) is 19.4 Å². The number of carbonyl (C=O) groups excluding carboxylic acids is 1. The zero-order valence-corrected chi connectivity index (χ0v) is 13.2. The first-order valence-electron chi connectivity index (χ1n) is 6.62. The molecule has 0 saturated carbocycles. The summed E-state index contributed by atoms with van der Waals surface area (Å²) in [6.45, 7) is 7.07. The van der Waals surface area contributed by atoms with Crippen LogP contribution >= 0.6 is 0 Å². The molecule has 0 unspecified atom stereocenters. The molecule has 0 spiro atoms. The monoisotopic (exact) mass is 284 g/mol. The molecule has 0 N–H and O–H groups in total. The SMILES string of the molecule is CCN(CC)C(=O)C[N+](C)(C)Cc1ccccc1.[Cl-]. The lowest BCUT2D eigenvalue weighted by Gasteiger charge is -2.31. The summed E-state index contributed by atoms with van der Waals surface area (Å²) in [5.74, 6) is 0.237. The van der Waals surface area contributed by atoms with Crippen molar-refractivity contribution in [3.8, 4) is 0 Å². The molecule has 19 heavy (non-hydrogen) atoms. The van der Waals surface area contributed by atoms with Gasteiger partial charge in [0.25, 0.3) is 5.91 Å². The number of halogens is 1. The van der Waals surface area contributed by atoms with Crippen LogP contribution in [0.3, 0.4) is 0 Å². The van der Waals surface area contributed by atoms with Crippen LogP contribution in [0.4, 0.5) is 0 Å². The number of carbonyl (C=O) groups is 1. The van der Waals surface area contributed by atoms with Gasteiger partial charge in [0.2, 0.25) is 0 Å². The summed E-state index contributed by atoms with van der Waals surface area (Å²) in [6, 6.07) is 10.3. The molecule has 1 amide bonds. The Morgan fingerprint density at radius 3 is 2.11 bits per heavy atom. The van der Waals surface area contributed by atoms with Gasteiger partial charge in [-0.05, 0) is 13.8 Å². The fraction of sp³-hybridized carbons (Fsp3) is 0.533. The van der Waals surface area contributed by atoms with Gasteiger partial charge < -0.3 is 21.8 Å². The van der Waals surface area contributed by atoms with E-state index in [0.29, 0.717) is 11.0 Å². The predicted molar refractivity (Wildman–Crippen MR) is 75.0 cm³/mol. The van der Waals surface area contributed by atoms with E-state index in [1.165, 1.54) is 5.56 Å². The third-order valence-corrected chi connectivity index (χ3v) is 3.13. The van der Waals surface area contributed by atoms with Crippen molar-refractivity contribution in [1.82, 2.24) is 4.90 Å². The van der Waals surface area contributed by atoms with Crippen molar-refractivity contribution in [2.75, 3.05) is 33.7 Å². The average Bonchev–Trinajstić information content (AvgIpc) is 2.30. The average molecular weight is 285 g/mol. The van der Waals surface area contributed by atoms with Crippen LogP contribution < -0.4 is 12.4 Å². The Morgan fingerprint density at radius 1 is 1.11 bits per heavy atom. The Labute approximate surface area is 123 Å². The molecular formula is C15H25ClN2O. The molecular weight excluding hydrogens is 260 g/mol. The lowest BCUT2D eigenvalue weighted by molar-refractivity contribution is -0.896. The topological polar surface area (TPSA) is 20.3 Å². The van der Waals surface area contributed by atoms with Crippen molar-refractivity contribution in [1.29, 1.82) is 0 Å². The highest BCUT2D eigenvalue weighted by atomic mass is 35.5. The summed E-state index contributed by atoms with van der Waals surface area (Å²) < 4.78 is 0.694. The van der Waals surface area contributed by atoms with E-state index in [1.54, 1.807) is 0 Å². The molecule has 4 heteroatoms. The van der Waals surface area contributed by atoms with Gasteiger partial charge in [-0.3, -0.25) is 4.79 Å². The first-order valence-corrected chi connectivity index (χ1v) is 6.62. The Morgan fingerprint density at radius 2 is 1.63 bits per heavy atom. The van der Waals surface area contributed by atoms with Crippen LogP contribution in [0.15, 0.2) is 30.3 Å². The van der Waals surface area contributed by atoms with E-state index in [2.05, 4.69) is 26.2 Å². The van der Waals surface area contributed by atoms with Crippen molar-refractivity contribution in [2.45, 2.75) is 20.4 Å². The van der Waals surface area contributed by atoms with Gasteiger partial charge in [-0.15, -0.1) is 0 Å². The Bertz CT molecular complexity index is 375. The second-order valence-electron chi connectivity index (χ2n) is 5.30. The molecule has 0 aliphatic rings. The zero-order valence-electron chi connectivity index (χ0n) is 12.4. The summed E-state index contributed by atoms with van der Waals surface area (Å²) in [6.07, 6.45) is 0. The number of likely N-dealkylation sites (N-methyl/N-ethyl adjacent to an activating group) is 2. The van der Waals surface area contributed by atoms with Crippen molar-refractivity contribution >= 4 is 5.91 Å². The van der Waals surface area contributed by atoms with Crippen LogP contribution in [0.2, 0.25) is 0 Å². The third-order valence-electron chi connectivity index (χ3n) is 3.13. The first kappa shape index (κ1) is 17.9. The van der Waals surface area contributed by atoms with Crippen LogP contribution in [-0.4, -0.2) is 49.0 Å². The minimum absolute atomic E-state index is 0. The van der Waals surface area contributed by atoms with Crippen molar-refractivity contribution in [3.05, 3.63) is 35.9 Å². The molecule has 0 heterocycles. The Balaban J connectivity index is 0.00000324. The lowest BCUT2D eigenvalue weighted by atomic mass is 10.2. The van der Waals surface area contributed by atoms with Crippen LogP contribution in [0, 0.1) is 0 Å². The number of nitrogens with zero attached hydrogens (tertiary/aromatic N) is 2. The maximum absolute atomic E-state index is 12.1. The molecule has 108 valence electrons. The largest absolute Gasteiger partial charge is 1.00 e. The summed E-state index contributed by atoms with van der Waals surface area (Å²) in [4.78, 5) is 14.0. The van der Waals surface area contributed by atoms with E-state index in [1.807, 2.05) is 36.9 Å². The van der Waals surface area contributed by atoms with E-state index < -0.39 is 0 Å². The number of hydrogen-bond acceptors (Lipinski definition) is 1. The van der Waals surface area contributed by atoms with Gasteiger partial charge in [0.15, 0.2) is 6.54 Å². The fourth-order valence-electron chi connectivity index (χ4n) is 2.18. The predicted octanol–water partition coefficient (Wildman–Crippen LogP) is -0.865. The number of quaternary nitrogens is 1. The van der Waals surface area contributed by atoms with Crippen molar-refractivity contribution in [2.24, 2.45) is 0 Å². The highest BCUT2D eigenvalue weighted by molar-refractivity contribution is 5.77. The molecule has 0 fully saturated rings. The minimum Gasteiger partial charge on any atom is -1.00 e. The first-order chi connectivity index (χ1) is 8.48. The molecule has 0 atom stereocenters. The normalized spacial score (nSPS) is 10.7. The molecule has 0 aliphatic heterocycles. The minimum atomic E-state index is 0. The molecule has 0 bridgehead atoms.